The Morgan fingerprint density at radius 1 is 0.929 bits per heavy atom. The van der Waals surface area contributed by atoms with E-state index in [9.17, 15) is 0 Å². The maximum Gasteiger partial charge on any atom is 0.139 e. The van der Waals surface area contributed by atoms with Gasteiger partial charge in [0.05, 0.1) is 11.0 Å². The van der Waals surface area contributed by atoms with Gasteiger partial charge in [0.15, 0.2) is 0 Å². The first-order valence-electron chi connectivity index (χ1n) is 4.22. The number of hydrogen-bond donors (Lipinski definition) is 0. The van der Waals surface area contributed by atoms with E-state index < -0.39 is 0 Å². The van der Waals surface area contributed by atoms with Gasteiger partial charge in [-0.15, -0.1) is 10.2 Å². The molecular weight excluding hydrogens is 178 g/mol. The monoisotopic (exact) mass is 185 g/mol. The highest BCUT2D eigenvalue weighted by Gasteiger charge is 2.01. The topological polar surface area (TPSA) is 48.5 Å². The molecule has 2 heterocycles. The molecule has 2 aromatic heterocycles. The van der Waals surface area contributed by atoms with E-state index in [2.05, 4.69) is 15.2 Å². The lowest BCUT2D eigenvalue weighted by Crippen LogP contribution is -2.04. The highest BCUT2D eigenvalue weighted by molar-refractivity contribution is 5.74. The molecule has 0 aliphatic carbocycles. The van der Waals surface area contributed by atoms with Crippen molar-refractivity contribution in [2.45, 2.75) is 0 Å². The summed E-state index contributed by atoms with van der Waals surface area (Å²) < 4.78 is 3.66. The number of fused-ring (bicyclic) bond motifs is 1. The second-order valence-electron chi connectivity index (χ2n) is 2.92. The average molecular weight is 185 g/mol. The van der Waals surface area contributed by atoms with Crippen molar-refractivity contribution in [2.24, 2.45) is 0 Å². The van der Waals surface area contributed by atoms with Crippen molar-refractivity contribution in [1.29, 1.82) is 0 Å². The number of nitrogens with zero attached hydrogens (tertiary/aromatic N) is 5. The summed E-state index contributed by atoms with van der Waals surface area (Å²) in [4.78, 5) is 4.26. The van der Waals surface area contributed by atoms with Crippen molar-refractivity contribution in [3.8, 4) is 0 Å². The fraction of sp³-hybridized carbons (Fsp3) is 0. The van der Waals surface area contributed by atoms with E-state index in [0.717, 1.165) is 11.0 Å². The Kier molecular flexibility index (Phi) is 1.38. The molecule has 0 aliphatic heterocycles. The quantitative estimate of drug-likeness (QED) is 0.566. The van der Waals surface area contributed by atoms with Crippen LogP contribution >= 0.6 is 0 Å². The third-order valence-electron chi connectivity index (χ3n) is 2.09. The van der Waals surface area contributed by atoms with Crippen LogP contribution in [0.5, 0.6) is 0 Å². The molecule has 0 spiro atoms. The predicted octanol–water partition coefficient (Wildman–Crippen LogP) is 0.939. The van der Waals surface area contributed by atoms with Crippen molar-refractivity contribution in [3.05, 3.63) is 43.2 Å². The lowest BCUT2D eigenvalue weighted by atomic mass is 10.3. The molecule has 0 fully saturated rings. The van der Waals surface area contributed by atoms with Crippen molar-refractivity contribution < 1.29 is 0 Å². The maximum atomic E-state index is 4.26. The van der Waals surface area contributed by atoms with Gasteiger partial charge in [0.25, 0.3) is 0 Å². The minimum absolute atomic E-state index is 0.959. The van der Waals surface area contributed by atoms with Gasteiger partial charge in [0.1, 0.15) is 19.0 Å². The van der Waals surface area contributed by atoms with E-state index in [1.165, 1.54) is 0 Å². The van der Waals surface area contributed by atoms with E-state index in [4.69, 9.17) is 0 Å². The van der Waals surface area contributed by atoms with Crippen LogP contribution in [-0.2, 0) is 0 Å². The highest BCUT2D eigenvalue weighted by atomic mass is 15.5. The van der Waals surface area contributed by atoms with Crippen LogP contribution < -0.4 is 0 Å². The fourth-order valence-corrected chi connectivity index (χ4v) is 1.44. The summed E-state index contributed by atoms with van der Waals surface area (Å²) in [6.45, 7) is 0. The van der Waals surface area contributed by atoms with Crippen molar-refractivity contribution in [1.82, 2.24) is 24.5 Å². The van der Waals surface area contributed by atoms with Gasteiger partial charge < -0.3 is 0 Å². The molecule has 0 aliphatic rings. The van der Waals surface area contributed by atoms with Gasteiger partial charge >= 0.3 is 0 Å². The summed E-state index contributed by atoms with van der Waals surface area (Å²) in [6, 6.07) is 7.91. The summed E-state index contributed by atoms with van der Waals surface area (Å²) in [5.41, 5.74) is 1.99. The molecule has 0 radical (unpaired) electrons. The molecule has 5 heteroatoms. The van der Waals surface area contributed by atoms with Gasteiger partial charge in [0.2, 0.25) is 0 Å². The normalized spacial score (nSPS) is 10.9. The third-order valence-corrected chi connectivity index (χ3v) is 2.09. The van der Waals surface area contributed by atoms with Crippen LogP contribution in [0.25, 0.3) is 11.0 Å². The van der Waals surface area contributed by atoms with Crippen molar-refractivity contribution in [2.75, 3.05) is 0 Å². The van der Waals surface area contributed by atoms with Crippen LogP contribution in [0.2, 0.25) is 0 Å². The molecule has 0 unspecified atom stereocenters. The Labute approximate surface area is 79.6 Å². The fourth-order valence-electron chi connectivity index (χ4n) is 1.44. The average Bonchev–Trinajstić information content (AvgIpc) is 2.85. The molecule has 0 N–H and O–H groups in total. The Morgan fingerprint density at radius 2 is 1.71 bits per heavy atom. The molecule has 3 aromatic rings. The van der Waals surface area contributed by atoms with Gasteiger partial charge in [0, 0.05) is 0 Å². The Hall–Kier alpha value is -2.17. The number of para-hydroxylation sites is 2. The largest absolute Gasteiger partial charge is 0.235 e. The van der Waals surface area contributed by atoms with Crippen molar-refractivity contribution >= 4 is 11.0 Å². The summed E-state index contributed by atoms with van der Waals surface area (Å²) in [7, 11) is 0. The number of rotatable bonds is 1. The first-order chi connectivity index (χ1) is 6.95. The third kappa shape index (κ3) is 0.922. The van der Waals surface area contributed by atoms with Crippen LogP contribution in [0.1, 0.15) is 0 Å². The second kappa shape index (κ2) is 2.66. The van der Waals surface area contributed by atoms with E-state index in [-0.39, 0.29) is 0 Å². The minimum atomic E-state index is 0.959. The highest BCUT2D eigenvalue weighted by Crippen LogP contribution is 2.11. The van der Waals surface area contributed by atoms with Crippen LogP contribution in [-0.4, -0.2) is 24.5 Å². The SMILES string of the molecule is c1ccc2c(c1)ncn2-n1cnnc1. The smallest absolute Gasteiger partial charge is 0.139 e. The Balaban J connectivity index is 2.33. The van der Waals surface area contributed by atoms with Crippen LogP contribution in [0.4, 0.5) is 0 Å². The number of benzene rings is 1. The van der Waals surface area contributed by atoms with E-state index in [1.54, 1.807) is 23.7 Å². The molecule has 0 saturated carbocycles. The molecule has 0 atom stereocenters. The Bertz CT molecular complexity index is 551. The first kappa shape index (κ1) is 7.25. The predicted molar refractivity (Wildman–Crippen MR) is 50.6 cm³/mol. The Morgan fingerprint density at radius 3 is 2.57 bits per heavy atom. The summed E-state index contributed by atoms with van der Waals surface area (Å²) in [6.07, 6.45) is 5.01. The lowest BCUT2D eigenvalue weighted by Gasteiger charge is -2.01. The number of hydrogen-bond acceptors (Lipinski definition) is 3. The standard InChI is InChI=1S/C9H7N5/c1-2-4-9-8(3-1)10-5-14(9)13-6-11-12-7-13/h1-7H. The zero-order chi connectivity index (χ0) is 9.38. The maximum absolute atomic E-state index is 4.26. The van der Waals surface area contributed by atoms with Gasteiger partial charge in [-0.2, -0.15) is 0 Å². The van der Waals surface area contributed by atoms with Crippen LogP contribution in [0.15, 0.2) is 43.2 Å². The second-order valence-corrected chi connectivity index (χ2v) is 2.92. The minimum Gasteiger partial charge on any atom is -0.235 e. The van der Waals surface area contributed by atoms with E-state index >= 15 is 0 Å². The molecule has 5 nitrogen and oxygen atoms in total. The molecule has 3 rings (SSSR count). The number of imidazole rings is 1. The summed E-state index contributed by atoms with van der Waals surface area (Å²) in [5.74, 6) is 0. The molecule has 14 heavy (non-hydrogen) atoms. The van der Waals surface area contributed by atoms with Crippen molar-refractivity contribution in [3.63, 3.8) is 0 Å². The molecule has 1 aromatic carbocycles. The van der Waals surface area contributed by atoms with Gasteiger partial charge in [-0.05, 0) is 12.1 Å². The van der Waals surface area contributed by atoms with Gasteiger partial charge in [-0.25, -0.2) is 14.3 Å². The summed E-state index contributed by atoms with van der Waals surface area (Å²) >= 11 is 0. The molecular formula is C9H7N5. The molecule has 0 bridgehead atoms. The number of aromatic nitrogens is 5. The zero-order valence-electron chi connectivity index (χ0n) is 7.28. The van der Waals surface area contributed by atoms with E-state index in [0.29, 0.717) is 0 Å². The lowest BCUT2D eigenvalue weighted by molar-refractivity contribution is 0.676. The van der Waals surface area contributed by atoms with E-state index in [1.807, 2.05) is 28.9 Å². The summed E-state index contributed by atoms with van der Waals surface area (Å²) in [5, 5.41) is 7.50. The van der Waals surface area contributed by atoms with Gasteiger partial charge in [-0.1, -0.05) is 12.1 Å². The van der Waals surface area contributed by atoms with Crippen LogP contribution in [0.3, 0.4) is 0 Å². The molecule has 0 amide bonds. The molecule has 0 saturated heterocycles. The van der Waals surface area contributed by atoms with Crippen LogP contribution in [0, 0.1) is 0 Å². The zero-order valence-corrected chi connectivity index (χ0v) is 7.28. The first-order valence-corrected chi connectivity index (χ1v) is 4.22. The van der Waals surface area contributed by atoms with Gasteiger partial charge in [-0.3, -0.25) is 0 Å². The molecule has 68 valence electrons.